The minimum atomic E-state index is -2.51. The molecule has 0 amide bonds. The Kier molecular flexibility index (Phi) is 3.31. The third-order valence-electron chi connectivity index (χ3n) is 3.43. The van der Waals surface area contributed by atoms with Crippen molar-refractivity contribution in [1.82, 2.24) is 0 Å². The monoisotopic (exact) mass is 246 g/mol. The van der Waals surface area contributed by atoms with Crippen molar-refractivity contribution in [3.8, 4) is 0 Å². The molecule has 1 unspecified atom stereocenters. The third kappa shape index (κ3) is 2.43. The molecule has 1 nitrogen and oxygen atoms in total. The Labute approximate surface area is 98.1 Å². The molecule has 1 heterocycles. The number of hydrogen-bond donors (Lipinski definition) is 1. The summed E-state index contributed by atoms with van der Waals surface area (Å²) >= 11 is 1.59. The van der Waals surface area contributed by atoms with Crippen molar-refractivity contribution in [2.75, 3.05) is 0 Å². The Morgan fingerprint density at radius 3 is 2.56 bits per heavy atom. The molecular weight excluding hydrogens is 230 g/mol. The minimum Gasteiger partial charge on any atom is -0.388 e. The van der Waals surface area contributed by atoms with Gasteiger partial charge in [-0.2, -0.15) is 0 Å². The SMILES string of the molecule is Cc1sccc1C(O)C1CCC(F)(F)CC1. The van der Waals surface area contributed by atoms with Crippen molar-refractivity contribution in [2.45, 2.75) is 44.6 Å². The van der Waals surface area contributed by atoms with Crippen molar-refractivity contribution in [1.29, 1.82) is 0 Å². The first-order chi connectivity index (χ1) is 7.49. The lowest BCUT2D eigenvalue weighted by Gasteiger charge is -2.31. The van der Waals surface area contributed by atoms with Crippen LogP contribution in [0.25, 0.3) is 0 Å². The highest BCUT2D eigenvalue weighted by molar-refractivity contribution is 7.10. The Morgan fingerprint density at radius 1 is 1.44 bits per heavy atom. The zero-order chi connectivity index (χ0) is 11.8. The van der Waals surface area contributed by atoms with Crippen LogP contribution < -0.4 is 0 Å². The average molecular weight is 246 g/mol. The lowest BCUT2D eigenvalue weighted by atomic mass is 9.81. The summed E-state index contributed by atoms with van der Waals surface area (Å²) in [5.41, 5.74) is 0.917. The molecule has 1 atom stereocenters. The van der Waals surface area contributed by atoms with Gasteiger partial charge in [-0.05, 0) is 42.7 Å². The van der Waals surface area contributed by atoms with Crippen LogP contribution in [0.3, 0.4) is 0 Å². The van der Waals surface area contributed by atoms with Gasteiger partial charge in [-0.3, -0.25) is 0 Å². The van der Waals surface area contributed by atoms with E-state index in [4.69, 9.17) is 0 Å². The van der Waals surface area contributed by atoms with E-state index < -0.39 is 12.0 Å². The second-order valence-electron chi connectivity index (χ2n) is 4.57. The normalized spacial score (nSPS) is 23.2. The number of rotatable bonds is 2. The van der Waals surface area contributed by atoms with Gasteiger partial charge in [0.05, 0.1) is 6.10 Å². The average Bonchev–Trinajstić information content (AvgIpc) is 2.63. The molecule has 1 aliphatic rings. The molecule has 1 aliphatic carbocycles. The molecule has 1 aromatic rings. The largest absolute Gasteiger partial charge is 0.388 e. The summed E-state index contributed by atoms with van der Waals surface area (Å²) in [6.07, 6.45) is 0.102. The minimum absolute atomic E-state index is 0.00655. The molecule has 2 rings (SSSR count). The Morgan fingerprint density at radius 2 is 2.06 bits per heavy atom. The summed E-state index contributed by atoms with van der Waals surface area (Å²) in [6, 6.07) is 1.90. The summed E-state index contributed by atoms with van der Waals surface area (Å²) in [4.78, 5) is 1.09. The highest BCUT2D eigenvalue weighted by atomic mass is 32.1. The van der Waals surface area contributed by atoms with Crippen LogP contribution in [0.5, 0.6) is 0 Å². The summed E-state index contributed by atoms with van der Waals surface area (Å²) in [6.45, 7) is 1.96. The van der Waals surface area contributed by atoms with Crippen LogP contribution in [0.1, 0.15) is 42.2 Å². The van der Waals surface area contributed by atoms with Gasteiger partial charge in [-0.1, -0.05) is 0 Å². The molecule has 0 saturated heterocycles. The van der Waals surface area contributed by atoms with E-state index in [9.17, 15) is 13.9 Å². The molecule has 0 bridgehead atoms. The molecule has 90 valence electrons. The number of aliphatic hydroxyl groups is 1. The standard InChI is InChI=1S/C12H16F2OS/c1-8-10(4-7-16-8)11(15)9-2-5-12(13,14)6-3-9/h4,7,9,11,15H,2-3,5-6H2,1H3. The van der Waals surface area contributed by atoms with E-state index in [1.165, 1.54) is 0 Å². The molecular formula is C12H16F2OS. The maximum atomic E-state index is 13.0. The van der Waals surface area contributed by atoms with Crippen LogP contribution in [0, 0.1) is 12.8 Å². The molecule has 1 aromatic heterocycles. The zero-order valence-electron chi connectivity index (χ0n) is 9.25. The zero-order valence-corrected chi connectivity index (χ0v) is 10.1. The molecule has 0 aromatic carbocycles. The van der Waals surface area contributed by atoms with Gasteiger partial charge in [0.25, 0.3) is 0 Å². The van der Waals surface area contributed by atoms with Crippen LogP contribution in [0.15, 0.2) is 11.4 Å². The van der Waals surface area contributed by atoms with E-state index in [1.54, 1.807) is 11.3 Å². The van der Waals surface area contributed by atoms with Crippen LogP contribution in [0.4, 0.5) is 8.78 Å². The fourth-order valence-corrected chi connectivity index (χ4v) is 3.08. The second-order valence-corrected chi connectivity index (χ2v) is 5.69. The van der Waals surface area contributed by atoms with Crippen molar-refractivity contribution in [3.05, 3.63) is 21.9 Å². The lowest BCUT2D eigenvalue weighted by Crippen LogP contribution is -2.27. The maximum Gasteiger partial charge on any atom is 0.248 e. The molecule has 0 spiro atoms. The lowest BCUT2D eigenvalue weighted by molar-refractivity contribution is -0.0627. The van der Waals surface area contributed by atoms with Gasteiger partial charge < -0.3 is 5.11 Å². The highest BCUT2D eigenvalue weighted by Crippen LogP contribution is 2.42. The predicted octanol–water partition coefficient (Wildman–Crippen LogP) is 3.92. The van der Waals surface area contributed by atoms with Gasteiger partial charge >= 0.3 is 0 Å². The Balaban J connectivity index is 2.02. The predicted molar refractivity (Wildman–Crippen MR) is 60.9 cm³/mol. The number of aryl methyl sites for hydroxylation is 1. The smallest absolute Gasteiger partial charge is 0.248 e. The molecule has 1 saturated carbocycles. The number of alkyl halides is 2. The quantitative estimate of drug-likeness (QED) is 0.838. The van der Waals surface area contributed by atoms with Gasteiger partial charge in [0.15, 0.2) is 0 Å². The van der Waals surface area contributed by atoms with E-state index in [0.29, 0.717) is 12.8 Å². The van der Waals surface area contributed by atoms with Crippen LogP contribution in [-0.4, -0.2) is 11.0 Å². The van der Waals surface area contributed by atoms with Gasteiger partial charge in [0, 0.05) is 17.7 Å². The fourth-order valence-electron chi connectivity index (χ4n) is 2.33. The first kappa shape index (κ1) is 12.0. The first-order valence-electron chi connectivity index (χ1n) is 5.59. The second kappa shape index (κ2) is 4.41. The fraction of sp³-hybridized carbons (Fsp3) is 0.667. The highest BCUT2D eigenvalue weighted by Gasteiger charge is 2.37. The molecule has 16 heavy (non-hydrogen) atoms. The summed E-state index contributed by atoms with van der Waals surface area (Å²) in [5.74, 6) is -2.52. The summed E-state index contributed by atoms with van der Waals surface area (Å²) in [5, 5.41) is 12.1. The summed E-state index contributed by atoms with van der Waals surface area (Å²) < 4.78 is 26.0. The van der Waals surface area contributed by atoms with Crippen LogP contribution in [-0.2, 0) is 0 Å². The van der Waals surface area contributed by atoms with Gasteiger partial charge in [-0.15, -0.1) is 11.3 Å². The van der Waals surface area contributed by atoms with Crippen molar-refractivity contribution >= 4 is 11.3 Å². The van der Waals surface area contributed by atoms with E-state index in [1.807, 2.05) is 18.4 Å². The first-order valence-corrected chi connectivity index (χ1v) is 6.47. The molecule has 4 heteroatoms. The Hall–Kier alpha value is -0.480. The van der Waals surface area contributed by atoms with Crippen LogP contribution >= 0.6 is 11.3 Å². The topological polar surface area (TPSA) is 20.2 Å². The van der Waals surface area contributed by atoms with E-state index >= 15 is 0 Å². The van der Waals surface area contributed by atoms with Crippen molar-refractivity contribution < 1.29 is 13.9 Å². The third-order valence-corrected chi connectivity index (χ3v) is 4.29. The van der Waals surface area contributed by atoms with Crippen LogP contribution in [0.2, 0.25) is 0 Å². The Bertz CT molecular complexity index is 352. The number of thiophene rings is 1. The van der Waals surface area contributed by atoms with E-state index in [2.05, 4.69) is 0 Å². The number of hydrogen-bond acceptors (Lipinski definition) is 2. The molecule has 1 N–H and O–H groups in total. The van der Waals surface area contributed by atoms with Gasteiger partial charge in [0.1, 0.15) is 0 Å². The summed E-state index contributed by atoms with van der Waals surface area (Å²) in [7, 11) is 0. The number of aliphatic hydroxyl groups excluding tert-OH is 1. The molecule has 0 radical (unpaired) electrons. The molecule has 1 fully saturated rings. The van der Waals surface area contributed by atoms with Crippen molar-refractivity contribution in [2.24, 2.45) is 5.92 Å². The van der Waals surface area contributed by atoms with Gasteiger partial charge in [0.2, 0.25) is 5.92 Å². The van der Waals surface area contributed by atoms with E-state index in [0.717, 1.165) is 10.4 Å². The number of halogens is 2. The van der Waals surface area contributed by atoms with Crippen molar-refractivity contribution in [3.63, 3.8) is 0 Å². The maximum absolute atomic E-state index is 13.0. The van der Waals surface area contributed by atoms with E-state index in [-0.39, 0.29) is 18.8 Å². The molecule has 0 aliphatic heterocycles. The van der Waals surface area contributed by atoms with Gasteiger partial charge in [-0.25, -0.2) is 8.78 Å².